The molecule has 3 unspecified atom stereocenters. The third-order valence-corrected chi connectivity index (χ3v) is 5.34. The number of carbonyl (C=O) groups excluding carboxylic acids is 2. The average Bonchev–Trinajstić information content (AvgIpc) is 2.39. The van der Waals surface area contributed by atoms with Gasteiger partial charge in [-0.2, -0.15) is 0 Å². The van der Waals surface area contributed by atoms with E-state index in [1.165, 1.54) is 6.42 Å². The van der Waals surface area contributed by atoms with Crippen LogP contribution in [0, 0.1) is 11.3 Å². The highest BCUT2D eigenvalue weighted by molar-refractivity contribution is 6.31. The van der Waals surface area contributed by atoms with Gasteiger partial charge in [-0.15, -0.1) is 0 Å². The Morgan fingerprint density at radius 3 is 2.76 bits per heavy atom. The fourth-order valence-electron chi connectivity index (χ4n) is 4.26. The van der Waals surface area contributed by atoms with Gasteiger partial charge >= 0.3 is 0 Å². The number of piperidine rings is 1. The molecular formula is C17H20ClNO2. The van der Waals surface area contributed by atoms with Gasteiger partial charge in [0.1, 0.15) is 0 Å². The van der Waals surface area contributed by atoms with Gasteiger partial charge in [0.25, 0.3) is 0 Å². The smallest absolute Gasteiger partial charge is 0.234 e. The van der Waals surface area contributed by atoms with E-state index in [2.05, 4.69) is 12.2 Å². The SMILES string of the molecule is CC1CCCC2(CC(=O)NC(=O)C2c2ccccc2Cl)C1. The lowest BCUT2D eigenvalue weighted by Gasteiger charge is -2.47. The standard InChI is InChI=1S/C17H20ClNO2/c1-11-5-4-8-17(9-11)10-14(20)19-16(21)15(17)12-6-2-3-7-13(12)18/h2-3,6-7,11,15H,4-5,8-10H2,1H3,(H,19,20,21). The van der Waals surface area contributed by atoms with E-state index in [9.17, 15) is 9.59 Å². The second-order valence-corrected chi connectivity index (χ2v) is 7.01. The van der Waals surface area contributed by atoms with Gasteiger partial charge in [0, 0.05) is 11.4 Å². The van der Waals surface area contributed by atoms with Crippen LogP contribution in [-0.4, -0.2) is 11.8 Å². The van der Waals surface area contributed by atoms with Crippen molar-refractivity contribution in [1.29, 1.82) is 0 Å². The van der Waals surface area contributed by atoms with E-state index >= 15 is 0 Å². The van der Waals surface area contributed by atoms with Crippen LogP contribution in [0.25, 0.3) is 0 Å². The fraction of sp³-hybridized carbons (Fsp3) is 0.529. The molecule has 1 saturated carbocycles. The number of hydrogen-bond donors (Lipinski definition) is 1. The molecule has 2 aliphatic rings. The molecule has 1 N–H and O–H groups in total. The summed E-state index contributed by atoms with van der Waals surface area (Å²) in [4.78, 5) is 24.5. The Balaban J connectivity index is 2.07. The minimum absolute atomic E-state index is 0.141. The summed E-state index contributed by atoms with van der Waals surface area (Å²) < 4.78 is 0. The van der Waals surface area contributed by atoms with Crippen molar-refractivity contribution in [2.45, 2.75) is 44.9 Å². The van der Waals surface area contributed by atoms with E-state index in [0.29, 0.717) is 17.4 Å². The third-order valence-electron chi connectivity index (χ3n) is 4.99. The maximum Gasteiger partial charge on any atom is 0.234 e. The molecule has 21 heavy (non-hydrogen) atoms. The zero-order chi connectivity index (χ0) is 15.0. The molecule has 3 atom stereocenters. The predicted molar refractivity (Wildman–Crippen MR) is 82.0 cm³/mol. The molecule has 0 aromatic heterocycles. The normalized spacial score (nSPS) is 33.0. The number of imide groups is 1. The summed E-state index contributed by atoms with van der Waals surface area (Å²) in [6.07, 6.45) is 4.52. The molecule has 3 nitrogen and oxygen atoms in total. The van der Waals surface area contributed by atoms with Crippen molar-refractivity contribution in [2.24, 2.45) is 11.3 Å². The van der Waals surface area contributed by atoms with Crippen molar-refractivity contribution in [3.8, 4) is 0 Å². The van der Waals surface area contributed by atoms with Crippen LogP contribution in [0.2, 0.25) is 5.02 Å². The summed E-state index contributed by atoms with van der Waals surface area (Å²) in [7, 11) is 0. The maximum absolute atomic E-state index is 12.5. The number of carbonyl (C=O) groups is 2. The lowest BCUT2D eigenvalue weighted by atomic mass is 9.58. The van der Waals surface area contributed by atoms with Crippen LogP contribution in [0.4, 0.5) is 0 Å². The lowest BCUT2D eigenvalue weighted by molar-refractivity contribution is -0.142. The van der Waals surface area contributed by atoms with Gasteiger partial charge in [0.2, 0.25) is 11.8 Å². The highest BCUT2D eigenvalue weighted by Crippen LogP contribution is 2.53. The van der Waals surface area contributed by atoms with E-state index in [4.69, 9.17) is 11.6 Å². The summed E-state index contributed by atoms with van der Waals surface area (Å²) in [5.74, 6) is -0.0973. The van der Waals surface area contributed by atoms with Crippen LogP contribution in [-0.2, 0) is 9.59 Å². The minimum Gasteiger partial charge on any atom is -0.296 e. The number of nitrogens with one attached hydrogen (secondary N) is 1. The fourth-order valence-corrected chi connectivity index (χ4v) is 4.50. The molecule has 1 saturated heterocycles. The van der Waals surface area contributed by atoms with Gasteiger partial charge in [-0.1, -0.05) is 49.6 Å². The molecule has 1 aliphatic carbocycles. The van der Waals surface area contributed by atoms with Gasteiger partial charge in [-0.3, -0.25) is 14.9 Å². The number of halogens is 1. The summed E-state index contributed by atoms with van der Waals surface area (Å²) in [5, 5.41) is 3.12. The van der Waals surface area contributed by atoms with Gasteiger partial charge in [0.05, 0.1) is 5.92 Å². The van der Waals surface area contributed by atoms with E-state index in [0.717, 1.165) is 24.8 Å². The van der Waals surface area contributed by atoms with Crippen LogP contribution in [0.3, 0.4) is 0 Å². The molecule has 1 aromatic rings. The first-order valence-corrected chi connectivity index (χ1v) is 7.98. The Labute approximate surface area is 130 Å². The van der Waals surface area contributed by atoms with Crippen molar-refractivity contribution in [3.63, 3.8) is 0 Å². The zero-order valence-electron chi connectivity index (χ0n) is 12.2. The molecule has 0 bridgehead atoms. The number of benzene rings is 1. The minimum atomic E-state index is -0.313. The monoisotopic (exact) mass is 305 g/mol. The molecular weight excluding hydrogens is 286 g/mol. The van der Waals surface area contributed by atoms with Gasteiger partial charge in [-0.05, 0) is 35.8 Å². The molecule has 0 radical (unpaired) electrons. The van der Waals surface area contributed by atoms with Crippen LogP contribution < -0.4 is 5.32 Å². The molecule has 1 aromatic carbocycles. The number of hydrogen-bond acceptors (Lipinski definition) is 2. The topological polar surface area (TPSA) is 46.2 Å². The second kappa shape index (κ2) is 5.45. The number of amides is 2. The van der Waals surface area contributed by atoms with E-state index in [1.54, 1.807) is 0 Å². The van der Waals surface area contributed by atoms with Gasteiger partial charge in [-0.25, -0.2) is 0 Å². The Morgan fingerprint density at radius 1 is 1.29 bits per heavy atom. The van der Waals surface area contributed by atoms with Crippen molar-refractivity contribution in [2.75, 3.05) is 0 Å². The highest BCUT2D eigenvalue weighted by Gasteiger charge is 2.51. The van der Waals surface area contributed by atoms with Crippen LogP contribution in [0.1, 0.15) is 50.5 Å². The first kappa shape index (κ1) is 14.6. The predicted octanol–water partition coefficient (Wildman–Crippen LogP) is 3.67. The van der Waals surface area contributed by atoms with Crippen molar-refractivity contribution >= 4 is 23.4 Å². The number of rotatable bonds is 1. The van der Waals surface area contributed by atoms with Crippen LogP contribution in [0.5, 0.6) is 0 Å². The summed E-state index contributed by atoms with van der Waals surface area (Å²) in [5.41, 5.74) is 0.598. The Bertz CT molecular complexity index is 586. The molecule has 2 fully saturated rings. The molecule has 3 rings (SSSR count). The van der Waals surface area contributed by atoms with Crippen molar-refractivity contribution in [1.82, 2.24) is 5.32 Å². The molecule has 1 heterocycles. The first-order chi connectivity index (χ1) is 10.0. The Kier molecular flexibility index (Phi) is 3.78. The Morgan fingerprint density at radius 2 is 2.05 bits per heavy atom. The summed E-state index contributed by atoms with van der Waals surface area (Å²) in [6, 6.07) is 7.52. The van der Waals surface area contributed by atoms with Crippen LogP contribution in [0.15, 0.2) is 24.3 Å². The maximum atomic E-state index is 12.5. The molecule has 2 amide bonds. The zero-order valence-corrected chi connectivity index (χ0v) is 13.0. The first-order valence-electron chi connectivity index (χ1n) is 7.60. The van der Waals surface area contributed by atoms with Crippen LogP contribution >= 0.6 is 11.6 Å². The van der Waals surface area contributed by atoms with Crippen molar-refractivity contribution < 1.29 is 9.59 Å². The summed E-state index contributed by atoms with van der Waals surface area (Å²) >= 11 is 6.33. The van der Waals surface area contributed by atoms with Crippen molar-refractivity contribution in [3.05, 3.63) is 34.9 Å². The third kappa shape index (κ3) is 2.59. The lowest BCUT2D eigenvalue weighted by Crippen LogP contribution is -2.52. The average molecular weight is 306 g/mol. The van der Waals surface area contributed by atoms with E-state index < -0.39 is 0 Å². The molecule has 1 aliphatic heterocycles. The molecule has 1 spiro atoms. The van der Waals surface area contributed by atoms with E-state index in [1.807, 2.05) is 24.3 Å². The Hall–Kier alpha value is -1.35. The quantitative estimate of drug-likeness (QED) is 0.805. The molecule has 4 heteroatoms. The van der Waals surface area contributed by atoms with E-state index in [-0.39, 0.29) is 23.1 Å². The highest BCUT2D eigenvalue weighted by atomic mass is 35.5. The second-order valence-electron chi connectivity index (χ2n) is 6.61. The van der Waals surface area contributed by atoms with Gasteiger partial charge < -0.3 is 0 Å². The summed E-state index contributed by atoms with van der Waals surface area (Å²) in [6.45, 7) is 2.21. The largest absolute Gasteiger partial charge is 0.296 e. The van der Waals surface area contributed by atoms with Gasteiger partial charge in [0.15, 0.2) is 0 Å². The molecule has 112 valence electrons.